The lowest BCUT2D eigenvalue weighted by Gasteiger charge is -2.20. The minimum absolute atomic E-state index is 0.0379. The normalized spacial score (nSPS) is 23.4. The van der Waals surface area contributed by atoms with Crippen LogP contribution in [0.3, 0.4) is 0 Å². The molecular formula is C9H9NO6. The van der Waals surface area contributed by atoms with Gasteiger partial charge >= 0.3 is 17.5 Å². The maximum atomic E-state index is 11.2. The molecule has 0 heterocycles. The second-order valence-corrected chi connectivity index (χ2v) is 3.21. The number of carboxylic acids is 1. The Kier molecular flexibility index (Phi) is 3.07. The molecule has 0 saturated carbocycles. The van der Waals surface area contributed by atoms with Crippen LogP contribution in [0, 0.1) is 10.1 Å². The highest BCUT2D eigenvalue weighted by Crippen LogP contribution is 2.27. The van der Waals surface area contributed by atoms with Gasteiger partial charge in [-0.2, -0.15) is 0 Å². The zero-order valence-electron chi connectivity index (χ0n) is 8.37. The van der Waals surface area contributed by atoms with Gasteiger partial charge in [0.05, 0.1) is 13.5 Å². The summed E-state index contributed by atoms with van der Waals surface area (Å²) in [6.45, 7) is 0. The molecule has 1 atom stereocenters. The van der Waals surface area contributed by atoms with Crippen LogP contribution in [0.1, 0.15) is 6.42 Å². The van der Waals surface area contributed by atoms with E-state index < -0.39 is 28.8 Å². The van der Waals surface area contributed by atoms with Crippen molar-refractivity contribution in [2.75, 3.05) is 7.11 Å². The number of carboxylic acid groups (broad SMARTS) is 1. The standard InChI is InChI=1S/C9H9NO6/c1-16-7(11)6-3-2-4-9(5-6,8(12)13)10(14)15/h2-4H,5H2,1H3,(H,12,13). The van der Waals surface area contributed by atoms with E-state index in [1.54, 1.807) is 0 Å². The Bertz CT molecular complexity index is 394. The number of allylic oxidation sites excluding steroid dienone is 2. The van der Waals surface area contributed by atoms with E-state index in [1.165, 1.54) is 12.2 Å². The number of carbonyl (C=O) groups is 2. The molecular weight excluding hydrogens is 218 g/mol. The molecule has 0 fully saturated rings. The topological polar surface area (TPSA) is 107 Å². The van der Waals surface area contributed by atoms with Crippen molar-refractivity contribution in [2.45, 2.75) is 12.0 Å². The maximum Gasteiger partial charge on any atom is 0.387 e. The number of hydrogen-bond acceptors (Lipinski definition) is 5. The van der Waals surface area contributed by atoms with Crippen LogP contribution in [0.2, 0.25) is 0 Å². The molecule has 0 aromatic carbocycles. The first-order valence-corrected chi connectivity index (χ1v) is 4.28. The maximum absolute atomic E-state index is 11.2. The van der Waals surface area contributed by atoms with Gasteiger partial charge in [-0.05, 0) is 0 Å². The fraction of sp³-hybridized carbons (Fsp3) is 0.333. The molecule has 7 nitrogen and oxygen atoms in total. The van der Waals surface area contributed by atoms with Crippen molar-refractivity contribution in [3.8, 4) is 0 Å². The largest absolute Gasteiger partial charge is 0.476 e. The van der Waals surface area contributed by atoms with Crippen LogP contribution >= 0.6 is 0 Å². The highest BCUT2D eigenvalue weighted by Gasteiger charge is 2.51. The number of rotatable bonds is 3. The Morgan fingerprint density at radius 3 is 2.69 bits per heavy atom. The van der Waals surface area contributed by atoms with Crippen LogP contribution in [0.15, 0.2) is 23.8 Å². The summed E-state index contributed by atoms with van der Waals surface area (Å²) in [5, 5.41) is 19.6. The number of methoxy groups -OCH3 is 1. The predicted molar refractivity (Wildman–Crippen MR) is 51.2 cm³/mol. The minimum atomic E-state index is -2.28. The molecule has 0 bridgehead atoms. The van der Waals surface area contributed by atoms with Crippen LogP contribution in [-0.4, -0.2) is 34.6 Å². The molecule has 0 aliphatic heterocycles. The summed E-state index contributed by atoms with van der Waals surface area (Å²) in [5.41, 5.74) is -2.32. The summed E-state index contributed by atoms with van der Waals surface area (Å²) < 4.78 is 4.39. The lowest BCUT2D eigenvalue weighted by Crippen LogP contribution is -2.46. The molecule has 0 spiro atoms. The number of carbonyl (C=O) groups excluding carboxylic acids is 1. The Hall–Kier alpha value is -2.18. The summed E-state index contributed by atoms with van der Waals surface area (Å²) in [4.78, 5) is 31.9. The quantitative estimate of drug-likeness (QED) is 0.417. The van der Waals surface area contributed by atoms with E-state index in [0.717, 1.165) is 13.2 Å². The van der Waals surface area contributed by atoms with Gasteiger partial charge in [0.25, 0.3) is 0 Å². The molecule has 0 radical (unpaired) electrons. The van der Waals surface area contributed by atoms with Crippen LogP contribution < -0.4 is 0 Å². The fourth-order valence-electron chi connectivity index (χ4n) is 1.35. The van der Waals surface area contributed by atoms with Crippen LogP contribution in [0.4, 0.5) is 0 Å². The number of nitrogens with zero attached hydrogens (tertiary/aromatic N) is 1. The molecule has 7 heteroatoms. The van der Waals surface area contributed by atoms with E-state index in [2.05, 4.69) is 4.74 Å². The summed E-state index contributed by atoms with van der Waals surface area (Å²) in [6, 6.07) is 0. The lowest BCUT2D eigenvalue weighted by atomic mass is 9.87. The van der Waals surface area contributed by atoms with Gasteiger partial charge in [0.2, 0.25) is 0 Å². The molecule has 0 aromatic heterocycles. The zero-order chi connectivity index (χ0) is 12.3. The van der Waals surface area contributed by atoms with Crippen molar-refractivity contribution in [2.24, 2.45) is 0 Å². The van der Waals surface area contributed by atoms with Gasteiger partial charge in [-0.1, -0.05) is 12.2 Å². The first kappa shape index (κ1) is 11.9. The zero-order valence-corrected chi connectivity index (χ0v) is 8.37. The highest BCUT2D eigenvalue weighted by molar-refractivity contribution is 5.92. The van der Waals surface area contributed by atoms with Crippen molar-refractivity contribution in [1.82, 2.24) is 0 Å². The molecule has 0 amide bonds. The van der Waals surface area contributed by atoms with E-state index in [1.807, 2.05) is 0 Å². The van der Waals surface area contributed by atoms with Crippen LogP contribution in [-0.2, 0) is 14.3 Å². The first-order valence-electron chi connectivity index (χ1n) is 4.28. The van der Waals surface area contributed by atoms with E-state index in [0.29, 0.717) is 0 Å². The average Bonchev–Trinajstić information content (AvgIpc) is 2.27. The smallest absolute Gasteiger partial charge is 0.387 e. The number of nitro groups is 1. The number of aliphatic carboxylic acids is 1. The van der Waals surface area contributed by atoms with Crippen molar-refractivity contribution < 1.29 is 24.4 Å². The van der Waals surface area contributed by atoms with E-state index in [4.69, 9.17) is 5.11 Å². The van der Waals surface area contributed by atoms with Crippen molar-refractivity contribution in [3.63, 3.8) is 0 Å². The number of hydrogen-bond donors (Lipinski definition) is 1. The summed E-state index contributed by atoms with van der Waals surface area (Å²) in [6.07, 6.45) is 2.91. The highest BCUT2D eigenvalue weighted by atomic mass is 16.6. The van der Waals surface area contributed by atoms with Crippen LogP contribution in [0.25, 0.3) is 0 Å². The molecule has 1 unspecified atom stereocenters. The Balaban J connectivity index is 3.09. The SMILES string of the molecule is COC(=O)C1=CC=CC(C(=O)O)([N+](=O)[O-])C1. The third-order valence-electron chi connectivity index (χ3n) is 2.27. The first-order chi connectivity index (χ1) is 7.44. The molecule has 86 valence electrons. The second kappa shape index (κ2) is 4.13. The summed E-state index contributed by atoms with van der Waals surface area (Å²) in [5.74, 6) is -2.37. The number of ether oxygens (including phenoxy) is 1. The number of esters is 1. The molecule has 1 N–H and O–H groups in total. The Morgan fingerprint density at radius 1 is 1.62 bits per heavy atom. The van der Waals surface area contributed by atoms with Gasteiger partial charge in [-0.3, -0.25) is 10.1 Å². The van der Waals surface area contributed by atoms with Gasteiger partial charge in [0.1, 0.15) is 0 Å². The van der Waals surface area contributed by atoms with E-state index in [9.17, 15) is 19.7 Å². The molecule has 0 aromatic rings. The molecule has 0 saturated heterocycles. The van der Waals surface area contributed by atoms with Crippen molar-refractivity contribution in [3.05, 3.63) is 33.9 Å². The van der Waals surface area contributed by atoms with Gasteiger partial charge in [-0.15, -0.1) is 0 Å². The summed E-state index contributed by atoms with van der Waals surface area (Å²) in [7, 11) is 1.12. The van der Waals surface area contributed by atoms with Crippen LogP contribution in [0.5, 0.6) is 0 Å². The fourth-order valence-corrected chi connectivity index (χ4v) is 1.35. The predicted octanol–water partition coefficient (Wildman–Crippen LogP) is 0.146. The van der Waals surface area contributed by atoms with E-state index in [-0.39, 0.29) is 5.57 Å². The van der Waals surface area contributed by atoms with Crippen molar-refractivity contribution in [1.29, 1.82) is 0 Å². The summed E-state index contributed by atoms with van der Waals surface area (Å²) >= 11 is 0. The van der Waals surface area contributed by atoms with Gasteiger partial charge in [0, 0.05) is 16.6 Å². The van der Waals surface area contributed by atoms with Gasteiger partial charge in [0.15, 0.2) is 0 Å². The monoisotopic (exact) mass is 227 g/mol. The van der Waals surface area contributed by atoms with Crippen molar-refractivity contribution >= 4 is 11.9 Å². The Morgan fingerprint density at radius 2 is 2.25 bits per heavy atom. The minimum Gasteiger partial charge on any atom is -0.476 e. The average molecular weight is 227 g/mol. The molecule has 1 rings (SSSR count). The molecule has 1 aliphatic rings. The third-order valence-corrected chi connectivity index (χ3v) is 2.27. The third kappa shape index (κ3) is 1.79. The molecule has 1 aliphatic carbocycles. The second-order valence-electron chi connectivity index (χ2n) is 3.21. The molecule has 16 heavy (non-hydrogen) atoms. The lowest BCUT2D eigenvalue weighted by molar-refractivity contribution is -0.540. The van der Waals surface area contributed by atoms with E-state index >= 15 is 0 Å². The van der Waals surface area contributed by atoms with Gasteiger partial charge < -0.3 is 9.84 Å². The van der Waals surface area contributed by atoms with Gasteiger partial charge in [-0.25, -0.2) is 9.59 Å². The Labute approximate surface area is 90.2 Å².